The molecule has 0 spiro atoms. The van der Waals surface area contributed by atoms with Crippen LogP contribution in [0.5, 0.6) is 0 Å². The zero-order valence-electron chi connectivity index (χ0n) is 18.4. The molecule has 3 nitrogen and oxygen atoms in total. The molecule has 4 heteroatoms. The van der Waals surface area contributed by atoms with Crippen LogP contribution in [-0.4, -0.2) is 27.1 Å². The van der Waals surface area contributed by atoms with E-state index in [4.69, 9.17) is 9.47 Å². The van der Waals surface area contributed by atoms with Crippen LogP contribution in [0.25, 0.3) is 0 Å². The van der Waals surface area contributed by atoms with Gasteiger partial charge in [0, 0.05) is 0 Å². The van der Waals surface area contributed by atoms with E-state index in [1.54, 1.807) is 0 Å². The Morgan fingerprint density at radius 1 is 0.731 bits per heavy atom. The Kier molecular flexibility index (Phi) is 16.3. The van der Waals surface area contributed by atoms with Crippen LogP contribution in [0.2, 0.25) is 18.1 Å². The highest BCUT2D eigenvalue weighted by atomic mass is 28.3. The molecule has 0 heterocycles. The second-order valence-electron chi connectivity index (χ2n) is 7.94. The zero-order valence-corrected chi connectivity index (χ0v) is 19.4. The summed E-state index contributed by atoms with van der Waals surface area (Å²) in [6.07, 6.45) is 14.4. The van der Waals surface area contributed by atoms with Gasteiger partial charge in [0.25, 0.3) is 0 Å². The number of rotatable bonds is 17. The van der Waals surface area contributed by atoms with Crippen LogP contribution in [-0.2, 0) is 9.47 Å². The van der Waals surface area contributed by atoms with Crippen molar-refractivity contribution in [3.05, 3.63) is 0 Å². The van der Waals surface area contributed by atoms with Crippen molar-refractivity contribution in [1.29, 1.82) is 0 Å². The number of carbonyl (C=O) groups excluding carboxylic acids is 1. The third-order valence-electron chi connectivity index (χ3n) is 5.74. The quantitative estimate of drug-likeness (QED) is 0.145. The maximum Gasteiger partial charge on any atom is 0.507 e. The van der Waals surface area contributed by atoms with E-state index in [1.807, 2.05) is 0 Å². The first kappa shape index (κ1) is 25.5. The van der Waals surface area contributed by atoms with Crippen LogP contribution < -0.4 is 0 Å². The fraction of sp³-hybridized carbons (Fsp3) is 0.955. The molecular formula is C22H46O3Si. The van der Waals surface area contributed by atoms with E-state index in [9.17, 15) is 4.79 Å². The van der Waals surface area contributed by atoms with Gasteiger partial charge >= 0.3 is 6.16 Å². The summed E-state index contributed by atoms with van der Waals surface area (Å²) >= 11 is 0. The molecule has 0 saturated heterocycles. The minimum absolute atomic E-state index is 0.140. The average molecular weight is 387 g/mol. The summed E-state index contributed by atoms with van der Waals surface area (Å²) in [5.41, 5.74) is 0.140. The molecule has 0 amide bonds. The Labute approximate surface area is 164 Å². The standard InChI is InChI=1S/C22H46O3Si/c1-6-10-14-15-16-17-21(25-22(23)24-5)26(18-11-7-2,19-12-8-3)20-13-9-4/h21H,6-20H2,1-5H3. The second-order valence-corrected chi connectivity index (χ2v) is 12.8. The predicted molar refractivity (Wildman–Crippen MR) is 116 cm³/mol. The van der Waals surface area contributed by atoms with Crippen molar-refractivity contribution in [1.82, 2.24) is 0 Å². The molecule has 0 rings (SSSR count). The van der Waals surface area contributed by atoms with Crippen LogP contribution in [0, 0.1) is 0 Å². The molecule has 0 aromatic heterocycles. The summed E-state index contributed by atoms with van der Waals surface area (Å²) < 4.78 is 10.9. The first-order valence-electron chi connectivity index (χ1n) is 11.3. The van der Waals surface area contributed by atoms with E-state index in [1.165, 1.54) is 95.9 Å². The monoisotopic (exact) mass is 386 g/mol. The number of hydrogen-bond donors (Lipinski definition) is 0. The third kappa shape index (κ3) is 10.6. The summed E-state index contributed by atoms with van der Waals surface area (Å²) in [4.78, 5) is 12.0. The summed E-state index contributed by atoms with van der Waals surface area (Å²) in [5.74, 6) is 0. The molecule has 0 aliphatic carbocycles. The van der Waals surface area contributed by atoms with Gasteiger partial charge in [-0.3, -0.25) is 0 Å². The van der Waals surface area contributed by atoms with Crippen molar-refractivity contribution < 1.29 is 14.3 Å². The van der Waals surface area contributed by atoms with Crippen molar-refractivity contribution >= 4 is 14.2 Å². The topological polar surface area (TPSA) is 35.5 Å². The first-order valence-corrected chi connectivity index (χ1v) is 14.0. The van der Waals surface area contributed by atoms with Gasteiger partial charge in [-0.2, -0.15) is 0 Å². The van der Waals surface area contributed by atoms with Crippen LogP contribution in [0.3, 0.4) is 0 Å². The minimum Gasteiger partial charge on any atom is -0.438 e. The molecule has 0 bridgehead atoms. The maximum atomic E-state index is 12.0. The molecule has 0 N–H and O–H groups in total. The molecule has 0 saturated carbocycles. The van der Waals surface area contributed by atoms with Crippen molar-refractivity contribution in [3.63, 3.8) is 0 Å². The van der Waals surface area contributed by atoms with Crippen LogP contribution >= 0.6 is 0 Å². The molecule has 0 aromatic carbocycles. The van der Waals surface area contributed by atoms with Crippen LogP contribution in [0.15, 0.2) is 0 Å². The largest absolute Gasteiger partial charge is 0.507 e. The van der Waals surface area contributed by atoms with Crippen molar-refractivity contribution in [2.24, 2.45) is 0 Å². The Hall–Kier alpha value is -0.513. The summed E-state index contributed by atoms with van der Waals surface area (Å²) in [5, 5.41) is 0. The Bertz CT molecular complexity index is 312. The maximum absolute atomic E-state index is 12.0. The lowest BCUT2D eigenvalue weighted by atomic mass is 10.1. The van der Waals surface area contributed by atoms with Gasteiger partial charge in [0.2, 0.25) is 0 Å². The SMILES string of the molecule is CCCCCCCC(OC(=O)OC)[Si](CCCC)(CCCC)CCCC. The van der Waals surface area contributed by atoms with E-state index >= 15 is 0 Å². The molecule has 1 unspecified atom stereocenters. The molecule has 156 valence electrons. The van der Waals surface area contributed by atoms with Crippen molar-refractivity contribution in [2.75, 3.05) is 7.11 Å². The van der Waals surface area contributed by atoms with Crippen molar-refractivity contribution in [2.45, 2.75) is 129 Å². The summed E-state index contributed by atoms with van der Waals surface area (Å²) in [7, 11) is -0.220. The summed E-state index contributed by atoms with van der Waals surface area (Å²) in [6, 6.07) is 3.92. The lowest BCUT2D eigenvalue weighted by molar-refractivity contribution is 0.0547. The number of unbranched alkanes of at least 4 members (excludes halogenated alkanes) is 7. The van der Waals surface area contributed by atoms with E-state index in [2.05, 4.69) is 27.7 Å². The Morgan fingerprint density at radius 3 is 1.62 bits per heavy atom. The normalized spacial score (nSPS) is 12.8. The van der Waals surface area contributed by atoms with E-state index in [0.29, 0.717) is 0 Å². The second kappa shape index (κ2) is 16.6. The molecule has 26 heavy (non-hydrogen) atoms. The van der Waals surface area contributed by atoms with Gasteiger partial charge in [0.1, 0.15) is 8.07 Å². The molecule has 0 aliphatic heterocycles. The lowest BCUT2D eigenvalue weighted by Crippen LogP contribution is -2.50. The number of methoxy groups -OCH3 is 1. The van der Waals surface area contributed by atoms with Crippen LogP contribution in [0.4, 0.5) is 4.79 Å². The third-order valence-corrected chi connectivity index (χ3v) is 11.6. The number of ether oxygens (including phenoxy) is 2. The highest BCUT2D eigenvalue weighted by Gasteiger charge is 2.42. The molecular weight excluding hydrogens is 340 g/mol. The van der Waals surface area contributed by atoms with Gasteiger partial charge in [-0.25, -0.2) is 4.79 Å². The fourth-order valence-electron chi connectivity index (χ4n) is 4.03. The lowest BCUT2D eigenvalue weighted by Gasteiger charge is -2.39. The fourth-order valence-corrected chi connectivity index (χ4v) is 10.1. The number of carbonyl (C=O) groups is 1. The van der Waals surface area contributed by atoms with Gasteiger partial charge in [-0.15, -0.1) is 0 Å². The smallest absolute Gasteiger partial charge is 0.438 e. The minimum atomic E-state index is -1.66. The van der Waals surface area contributed by atoms with Gasteiger partial charge in [-0.1, -0.05) is 116 Å². The van der Waals surface area contributed by atoms with Gasteiger partial charge in [-0.05, 0) is 6.42 Å². The van der Waals surface area contributed by atoms with Crippen LogP contribution in [0.1, 0.15) is 105 Å². The number of hydrogen-bond acceptors (Lipinski definition) is 3. The van der Waals surface area contributed by atoms with E-state index in [0.717, 1.165) is 6.42 Å². The Morgan fingerprint density at radius 2 is 1.19 bits per heavy atom. The highest BCUT2D eigenvalue weighted by Crippen LogP contribution is 2.35. The predicted octanol–water partition coefficient (Wildman–Crippen LogP) is 7.89. The average Bonchev–Trinajstić information content (AvgIpc) is 2.66. The molecule has 0 fully saturated rings. The molecule has 1 atom stereocenters. The first-order chi connectivity index (χ1) is 12.6. The Balaban J connectivity index is 5.27. The van der Waals surface area contributed by atoms with Crippen molar-refractivity contribution in [3.8, 4) is 0 Å². The van der Waals surface area contributed by atoms with E-state index < -0.39 is 14.2 Å². The molecule has 0 aromatic rings. The van der Waals surface area contributed by atoms with Gasteiger partial charge < -0.3 is 9.47 Å². The summed E-state index contributed by atoms with van der Waals surface area (Å²) in [6.45, 7) is 9.08. The molecule has 0 aliphatic rings. The highest BCUT2D eigenvalue weighted by molar-refractivity contribution is 6.81. The van der Waals surface area contributed by atoms with E-state index in [-0.39, 0.29) is 5.73 Å². The van der Waals surface area contributed by atoms with Gasteiger partial charge in [0.15, 0.2) is 0 Å². The zero-order chi connectivity index (χ0) is 19.7. The van der Waals surface area contributed by atoms with Gasteiger partial charge in [0.05, 0.1) is 12.8 Å². The molecule has 0 radical (unpaired) electrons.